The summed E-state index contributed by atoms with van der Waals surface area (Å²) in [6.07, 6.45) is 4.74. The number of nitrogens with one attached hydrogen (secondary N) is 3. The first kappa shape index (κ1) is 33.3. The summed E-state index contributed by atoms with van der Waals surface area (Å²) in [5.74, 6) is 0.321. The first-order chi connectivity index (χ1) is 23.6. The highest BCUT2D eigenvalue weighted by Gasteiger charge is 2.19. The van der Waals surface area contributed by atoms with Gasteiger partial charge in [-0.15, -0.1) is 0 Å². The zero-order chi connectivity index (χ0) is 34.5. The minimum atomic E-state index is -0.364. The summed E-state index contributed by atoms with van der Waals surface area (Å²) in [6.45, 7) is 6.95. The predicted octanol–water partition coefficient (Wildman–Crippen LogP) is 7.50. The number of amides is 4. The Morgan fingerprint density at radius 2 is 1.53 bits per heavy atom. The van der Waals surface area contributed by atoms with Gasteiger partial charge in [0, 0.05) is 60.9 Å². The molecule has 0 radical (unpaired) electrons. The molecular weight excluding hydrogens is 616 g/mol. The number of nitrogens with zero attached hydrogens (tertiary/aromatic N) is 3. The molecule has 6 rings (SSSR count). The number of para-hydroxylation sites is 1. The number of benzene rings is 4. The van der Waals surface area contributed by atoms with Crippen LogP contribution in [0.15, 0.2) is 97.2 Å². The van der Waals surface area contributed by atoms with Gasteiger partial charge in [0.1, 0.15) is 11.5 Å². The van der Waals surface area contributed by atoms with Crippen LogP contribution in [0.25, 0.3) is 16.6 Å². The van der Waals surface area contributed by atoms with E-state index in [1.807, 2.05) is 38.1 Å². The maximum absolute atomic E-state index is 13.2. The van der Waals surface area contributed by atoms with Crippen molar-refractivity contribution >= 4 is 40.1 Å². The molecule has 10 heteroatoms. The fourth-order valence-corrected chi connectivity index (χ4v) is 6.02. The summed E-state index contributed by atoms with van der Waals surface area (Å²) < 4.78 is 8.28. The third-order valence-electron chi connectivity index (χ3n) is 8.43. The summed E-state index contributed by atoms with van der Waals surface area (Å²) in [7, 11) is 3.30. The highest BCUT2D eigenvalue weighted by molar-refractivity contribution is 6.04. The number of hydrogen-bond donors (Lipinski definition) is 3. The normalized spacial score (nSPS) is 13.0. The number of hydrogen-bond acceptors (Lipinski definition) is 5. The predicted molar refractivity (Wildman–Crippen MR) is 194 cm³/mol. The lowest BCUT2D eigenvalue weighted by atomic mass is 10.1. The second-order valence-electron chi connectivity index (χ2n) is 12.8. The van der Waals surface area contributed by atoms with Crippen LogP contribution in [0.3, 0.4) is 0 Å². The van der Waals surface area contributed by atoms with Crippen LogP contribution in [0.2, 0.25) is 0 Å². The number of fused-ring (bicyclic) bond motifs is 1. The van der Waals surface area contributed by atoms with Gasteiger partial charge >= 0.3 is 6.03 Å². The van der Waals surface area contributed by atoms with Gasteiger partial charge in [0.2, 0.25) is 0 Å². The van der Waals surface area contributed by atoms with E-state index in [0.29, 0.717) is 34.0 Å². The van der Waals surface area contributed by atoms with Gasteiger partial charge in [-0.2, -0.15) is 0 Å². The Labute approximate surface area is 286 Å². The quantitative estimate of drug-likeness (QED) is 0.144. The fourth-order valence-electron chi connectivity index (χ4n) is 6.02. The van der Waals surface area contributed by atoms with Crippen molar-refractivity contribution < 1.29 is 19.1 Å². The standard InChI is InChI=1S/C39H42N6O4/c1-26(2)40-39(48)42-30-15-20-36(34(23-30)38(47)43(3)4)49-32-18-13-29(14-19-32)41-37(46)27-11-16-31(17-12-27)45-25-28(24-44-21-7-8-22-44)33-9-5-6-10-35(33)45/h5-6,9-20,23,25-26H,7-8,21-22,24H2,1-4H3,(H,41,46)(H2,40,42,48). The van der Waals surface area contributed by atoms with Crippen LogP contribution in [0.5, 0.6) is 11.5 Å². The molecule has 0 saturated carbocycles. The first-order valence-electron chi connectivity index (χ1n) is 16.6. The minimum Gasteiger partial charge on any atom is -0.457 e. The number of anilines is 2. The van der Waals surface area contributed by atoms with E-state index in [4.69, 9.17) is 4.74 Å². The molecule has 0 unspecified atom stereocenters. The summed E-state index contributed by atoms with van der Waals surface area (Å²) >= 11 is 0. The smallest absolute Gasteiger partial charge is 0.319 e. The Hall–Kier alpha value is -5.61. The molecule has 0 bridgehead atoms. The molecular formula is C39H42N6O4. The second kappa shape index (κ2) is 14.7. The second-order valence-corrected chi connectivity index (χ2v) is 12.8. The number of aromatic nitrogens is 1. The molecule has 4 amide bonds. The first-order valence-corrected chi connectivity index (χ1v) is 16.6. The number of ether oxygens (including phenoxy) is 1. The zero-order valence-corrected chi connectivity index (χ0v) is 28.3. The average molecular weight is 659 g/mol. The molecule has 0 atom stereocenters. The molecule has 3 N–H and O–H groups in total. The lowest BCUT2D eigenvalue weighted by Crippen LogP contribution is -2.34. The maximum atomic E-state index is 13.2. The molecule has 1 fully saturated rings. The fraction of sp³-hybridized carbons (Fsp3) is 0.256. The molecule has 10 nitrogen and oxygen atoms in total. The van der Waals surface area contributed by atoms with E-state index < -0.39 is 0 Å². The van der Waals surface area contributed by atoms with E-state index >= 15 is 0 Å². The van der Waals surface area contributed by atoms with E-state index in [1.165, 1.54) is 28.7 Å². The van der Waals surface area contributed by atoms with E-state index in [0.717, 1.165) is 30.8 Å². The largest absolute Gasteiger partial charge is 0.457 e. The molecule has 1 aliphatic heterocycles. The Kier molecular flexibility index (Phi) is 9.96. The summed E-state index contributed by atoms with van der Waals surface area (Å²) in [5, 5.41) is 9.72. The molecule has 1 aliphatic rings. The van der Waals surface area contributed by atoms with Gasteiger partial charge in [-0.05, 0) is 118 Å². The third kappa shape index (κ3) is 7.93. The molecule has 4 aromatic carbocycles. The van der Waals surface area contributed by atoms with Crippen molar-refractivity contribution in [3.05, 3.63) is 114 Å². The Morgan fingerprint density at radius 1 is 0.837 bits per heavy atom. The van der Waals surface area contributed by atoms with Crippen molar-refractivity contribution in [1.29, 1.82) is 0 Å². The Balaban J connectivity index is 1.12. The highest BCUT2D eigenvalue weighted by atomic mass is 16.5. The SMILES string of the molecule is CC(C)NC(=O)Nc1ccc(Oc2ccc(NC(=O)c3ccc(-n4cc(CN5CCCC5)c5ccccc54)cc3)cc2)c(C(=O)N(C)C)c1. The van der Waals surface area contributed by atoms with Gasteiger partial charge in [-0.3, -0.25) is 14.5 Å². The van der Waals surface area contributed by atoms with Crippen LogP contribution >= 0.6 is 0 Å². The molecule has 49 heavy (non-hydrogen) atoms. The van der Waals surface area contributed by atoms with Crippen LogP contribution in [-0.4, -0.2) is 65.4 Å². The topological polar surface area (TPSA) is 108 Å². The van der Waals surface area contributed by atoms with Crippen molar-refractivity contribution in [1.82, 2.24) is 19.7 Å². The Morgan fingerprint density at radius 3 is 2.22 bits per heavy atom. The van der Waals surface area contributed by atoms with Crippen LogP contribution in [0, 0.1) is 0 Å². The molecule has 2 heterocycles. The number of likely N-dealkylation sites (tertiary alicyclic amines) is 1. The molecule has 0 aliphatic carbocycles. The van der Waals surface area contributed by atoms with E-state index in [2.05, 4.69) is 55.9 Å². The van der Waals surface area contributed by atoms with E-state index in [1.54, 1.807) is 56.6 Å². The van der Waals surface area contributed by atoms with Crippen molar-refractivity contribution in [2.75, 3.05) is 37.8 Å². The van der Waals surface area contributed by atoms with Crippen LogP contribution in [0.4, 0.5) is 16.2 Å². The summed E-state index contributed by atoms with van der Waals surface area (Å²) in [5.41, 5.74) is 5.36. The lowest BCUT2D eigenvalue weighted by molar-refractivity contribution is 0.0824. The summed E-state index contributed by atoms with van der Waals surface area (Å²) in [6, 6.07) is 27.5. The molecule has 1 aromatic heterocycles. The maximum Gasteiger partial charge on any atom is 0.319 e. The van der Waals surface area contributed by atoms with Crippen molar-refractivity contribution in [3.8, 4) is 17.2 Å². The van der Waals surface area contributed by atoms with Crippen LogP contribution in [-0.2, 0) is 6.54 Å². The minimum absolute atomic E-state index is 0.0342. The van der Waals surface area contributed by atoms with Gasteiger partial charge in [0.05, 0.1) is 11.1 Å². The van der Waals surface area contributed by atoms with E-state index in [-0.39, 0.29) is 23.9 Å². The van der Waals surface area contributed by atoms with E-state index in [9.17, 15) is 14.4 Å². The number of carbonyl (C=O) groups is 3. The molecule has 0 spiro atoms. The summed E-state index contributed by atoms with van der Waals surface area (Å²) in [4.78, 5) is 42.3. The van der Waals surface area contributed by atoms with Gasteiger partial charge in [-0.25, -0.2) is 4.79 Å². The van der Waals surface area contributed by atoms with Gasteiger partial charge in [0.15, 0.2) is 0 Å². The van der Waals surface area contributed by atoms with Gasteiger partial charge in [0.25, 0.3) is 11.8 Å². The highest BCUT2D eigenvalue weighted by Crippen LogP contribution is 2.31. The van der Waals surface area contributed by atoms with Crippen molar-refractivity contribution in [2.45, 2.75) is 39.3 Å². The third-order valence-corrected chi connectivity index (χ3v) is 8.43. The van der Waals surface area contributed by atoms with Gasteiger partial charge in [-0.1, -0.05) is 18.2 Å². The van der Waals surface area contributed by atoms with Crippen LogP contribution in [0.1, 0.15) is 53.0 Å². The zero-order valence-electron chi connectivity index (χ0n) is 28.3. The molecule has 252 valence electrons. The Bertz CT molecular complexity index is 1960. The number of rotatable bonds is 10. The van der Waals surface area contributed by atoms with Crippen molar-refractivity contribution in [2.24, 2.45) is 0 Å². The van der Waals surface area contributed by atoms with Gasteiger partial charge < -0.3 is 30.2 Å². The van der Waals surface area contributed by atoms with Crippen LogP contribution < -0.4 is 20.7 Å². The number of carbonyl (C=O) groups excluding carboxylic acids is 3. The average Bonchev–Trinajstić information content (AvgIpc) is 3.74. The van der Waals surface area contributed by atoms with Crippen molar-refractivity contribution in [3.63, 3.8) is 0 Å². The number of urea groups is 1. The molecule has 1 saturated heterocycles. The monoisotopic (exact) mass is 658 g/mol. The molecule has 5 aromatic rings. The lowest BCUT2D eigenvalue weighted by Gasteiger charge is -2.17.